The molecule has 226 valence electrons. The normalized spacial score (nSPS) is 18.4. The Morgan fingerprint density at radius 3 is 2.57 bits per heavy atom. The molecule has 1 aromatic heterocycles. The van der Waals surface area contributed by atoms with Crippen LogP contribution in [0, 0.1) is 6.92 Å². The number of nitrogens with one attached hydrogen (secondary N) is 2. The summed E-state index contributed by atoms with van der Waals surface area (Å²) in [5.74, 6) is 0.438. The SMILES string of the molecule is COCCCn1c(C2CCCN(C(=O)CC(N)Cc3ccc(NC(=O)NC4CCCC4)cc3)C2)c(C)c2ccccc21. The van der Waals surface area contributed by atoms with E-state index >= 15 is 0 Å². The minimum absolute atomic E-state index is 0.133. The maximum atomic E-state index is 13.4. The molecule has 2 aromatic carbocycles. The van der Waals surface area contributed by atoms with Crippen molar-refractivity contribution in [2.45, 2.75) is 89.3 Å². The lowest BCUT2D eigenvalue weighted by atomic mass is 9.91. The minimum Gasteiger partial charge on any atom is -0.385 e. The third-order valence-electron chi connectivity index (χ3n) is 9.00. The Kier molecular flexibility index (Phi) is 10.2. The van der Waals surface area contributed by atoms with Crippen molar-refractivity contribution >= 4 is 28.5 Å². The lowest BCUT2D eigenvalue weighted by Gasteiger charge is -2.34. The van der Waals surface area contributed by atoms with Gasteiger partial charge in [0, 0.05) is 80.1 Å². The van der Waals surface area contributed by atoms with Gasteiger partial charge in [0.15, 0.2) is 0 Å². The summed E-state index contributed by atoms with van der Waals surface area (Å²) in [6, 6.07) is 16.3. The summed E-state index contributed by atoms with van der Waals surface area (Å²) in [4.78, 5) is 27.7. The summed E-state index contributed by atoms with van der Waals surface area (Å²) in [6.45, 7) is 5.38. The van der Waals surface area contributed by atoms with Crippen molar-refractivity contribution in [2.75, 3.05) is 32.1 Å². The standard InChI is InChI=1S/C34H47N5O3/c1-24-30-12-5-6-13-31(30)39(19-8-20-42-2)33(24)26-9-7-18-38(23-26)32(40)22-27(35)21-25-14-16-29(17-15-25)37-34(41)36-28-10-3-4-11-28/h5-6,12-17,26-28H,3-4,7-11,18-23,35H2,1-2H3,(H2,36,37,41). The number of aryl methyl sites for hydroxylation is 2. The van der Waals surface area contributed by atoms with Gasteiger partial charge in [-0.05, 0) is 74.8 Å². The van der Waals surface area contributed by atoms with Gasteiger partial charge in [-0.3, -0.25) is 4.79 Å². The Hall–Kier alpha value is -3.36. The van der Waals surface area contributed by atoms with E-state index in [1.165, 1.54) is 35.0 Å². The van der Waals surface area contributed by atoms with Crippen molar-refractivity contribution in [3.8, 4) is 0 Å². The van der Waals surface area contributed by atoms with E-state index in [9.17, 15) is 9.59 Å². The van der Waals surface area contributed by atoms with E-state index in [-0.39, 0.29) is 24.0 Å². The van der Waals surface area contributed by atoms with Gasteiger partial charge in [0.1, 0.15) is 0 Å². The molecule has 8 heteroatoms. The van der Waals surface area contributed by atoms with Crippen LogP contribution in [0.2, 0.25) is 0 Å². The highest BCUT2D eigenvalue weighted by molar-refractivity contribution is 5.89. The first-order valence-electron chi connectivity index (χ1n) is 15.7. The number of para-hydroxylation sites is 1. The number of rotatable bonds is 11. The molecule has 1 saturated heterocycles. The van der Waals surface area contributed by atoms with E-state index in [4.69, 9.17) is 10.5 Å². The first-order valence-corrected chi connectivity index (χ1v) is 15.7. The molecule has 8 nitrogen and oxygen atoms in total. The van der Waals surface area contributed by atoms with Crippen molar-refractivity contribution in [3.63, 3.8) is 0 Å². The number of carbonyl (C=O) groups is 2. The van der Waals surface area contributed by atoms with Gasteiger partial charge in [0.25, 0.3) is 0 Å². The highest BCUT2D eigenvalue weighted by atomic mass is 16.5. The number of hydrogen-bond acceptors (Lipinski definition) is 4. The van der Waals surface area contributed by atoms with Crippen LogP contribution in [0.1, 0.15) is 74.1 Å². The number of benzene rings is 2. The number of fused-ring (bicyclic) bond motifs is 1. The molecule has 0 spiro atoms. The number of anilines is 1. The molecule has 5 rings (SSSR count). The van der Waals surface area contributed by atoms with Crippen LogP contribution in [0.25, 0.3) is 10.9 Å². The zero-order valence-corrected chi connectivity index (χ0v) is 25.2. The van der Waals surface area contributed by atoms with Crippen LogP contribution in [0.3, 0.4) is 0 Å². The predicted molar refractivity (Wildman–Crippen MR) is 169 cm³/mol. The van der Waals surface area contributed by atoms with Gasteiger partial charge >= 0.3 is 6.03 Å². The van der Waals surface area contributed by atoms with E-state index in [0.29, 0.717) is 18.8 Å². The Labute approximate surface area is 250 Å². The lowest BCUT2D eigenvalue weighted by molar-refractivity contribution is -0.132. The fraction of sp³-hybridized carbons (Fsp3) is 0.529. The molecule has 2 atom stereocenters. The van der Waals surface area contributed by atoms with Crippen LogP contribution >= 0.6 is 0 Å². The molecule has 2 aliphatic rings. The second-order valence-electron chi connectivity index (χ2n) is 12.1. The summed E-state index contributed by atoms with van der Waals surface area (Å²) in [6.07, 6.45) is 8.44. The lowest BCUT2D eigenvalue weighted by Crippen LogP contribution is -2.42. The zero-order valence-electron chi connectivity index (χ0n) is 25.2. The van der Waals surface area contributed by atoms with Crippen molar-refractivity contribution < 1.29 is 14.3 Å². The smallest absolute Gasteiger partial charge is 0.319 e. The van der Waals surface area contributed by atoms with E-state index in [0.717, 1.165) is 69.6 Å². The summed E-state index contributed by atoms with van der Waals surface area (Å²) in [5, 5.41) is 7.27. The molecule has 4 N–H and O–H groups in total. The summed E-state index contributed by atoms with van der Waals surface area (Å²) in [5.41, 5.74) is 12.3. The van der Waals surface area contributed by atoms with Gasteiger partial charge in [0.05, 0.1) is 0 Å². The second kappa shape index (κ2) is 14.2. The molecule has 0 bridgehead atoms. The van der Waals surface area contributed by atoms with Crippen molar-refractivity contribution in [2.24, 2.45) is 5.73 Å². The molecule has 1 aliphatic carbocycles. The predicted octanol–water partition coefficient (Wildman–Crippen LogP) is 5.72. The van der Waals surface area contributed by atoms with Crippen LogP contribution in [0.15, 0.2) is 48.5 Å². The molecule has 42 heavy (non-hydrogen) atoms. The molecule has 3 amide bonds. The number of nitrogens with two attached hydrogens (primary N) is 1. The summed E-state index contributed by atoms with van der Waals surface area (Å²) >= 11 is 0. The van der Waals surface area contributed by atoms with Crippen LogP contribution in [0.4, 0.5) is 10.5 Å². The van der Waals surface area contributed by atoms with Crippen molar-refractivity contribution in [3.05, 3.63) is 65.4 Å². The van der Waals surface area contributed by atoms with Crippen molar-refractivity contribution in [1.82, 2.24) is 14.8 Å². The summed E-state index contributed by atoms with van der Waals surface area (Å²) < 4.78 is 7.80. The molecule has 2 unspecified atom stereocenters. The van der Waals surface area contributed by atoms with Gasteiger partial charge in [-0.25, -0.2) is 4.79 Å². The molecule has 2 fully saturated rings. The number of urea groups is 1. The molecule has 1 saturated carbocycles. The van der Waals surface area contributed by atoms with Crippen molar-refractivity contribution in [1.29, 1.82) is 0 Å². The van der Waals surface area contributed by atoms with Crippen LogP contribution in [0.5, 0.6) is 0 Å². The molecular weight excluding hydrogens is 526 g/mol. The Morgan fingerprint density at radius 1 is 1.05 bits per heavy atom. The van der Waals surface area contributed by atoms with Gasteiger partial charge in [0.2, 0.25) is 5.91 Å². The van der Waals surface area contributed by atoms with E-state index in [1.807, 2.05) is 29.2 Å². The topological polar surface area (TPSA) is 102 Å². The van der Waals surface area contributed by atoms with E-state index in [1.54, 1.807) is 7.11 Å². The van der Waals surface area contributed by atoms with Gasteiger partial charge in [-0.1, -0.05) is 43.2 Å². The molecule has 3 aromatic rings. The number of carbonyl (C=O) groups excluding carboxylic acids is 2. The zero-order chi connectivity index (χ0) is 29.5. The van der Waals surface area contributed by atoms with Crippen LogP contribution in [-0.4, -0.2) is 60.3 Å². The van der Waals surface area contributed by atoms with Gasteiger partial charge in [-0.2, -0.15) is 0 Å². The highest BCUT2D eigenvalue weighted by Crippen LogP contribution is 2.36. The number of aromatic nitrogens is 1. The largest absolute Gasteiger partial charge is 0.385 e. The Balaban J connectivity index is 1.17. The number of piperidine rings is 1. The Bertz CT molecular complexity index is 1350. The average Bonchev–Trinajstić information content (AvgIpc) is 3.60. The van der Waals surface area contributed by atoms with Gasteiger partial charge in [-0.15, -0.1) is 0 Å². The van der Waals surface area contributed by atoms with Crippen LogP contribution in [-0.2, 0) is 22.5 Å². The Morgan fingerprint density at radius 2 is 1.81 bits per heavy atom. The number of nitrogens with zero attached hydrogens (tertiary/aromatic N) is 2. The third kappa shape index (κ3) is 7.34. The number of amides is 3. The minimum atomic E-state index is -0.260. The molecule has 2 heterocycles. The molecule has 0 radical (unpaired) electrons. The fourth-order valence-electron chi connectivity index (χ4n) is 6.93. The number of likely N-dealkylation sites (tertiary alicyclic amines) is 1. The summed E-state index contributed by atoms with van der Waals surface area (Å²) in [7, 11) is 1.75. The van der Waals surface area contributed by atoms with Gasteiger partial charge < -0.3 is 30.6 Å². The van der Waals surface area contributed by atoms with Crippen LogP contribution < -0.4 is 16.4 Å². The fourth-order valence-corrected chi connectivity index (χ4v) is 6.93. The van der Waals surface area contributed by atoms with E-state index < -0.39 is 0 Å². The first-order chi connectivity index (χ1) is 20.4. The molecule has 1 aliphatic heterocycles. The first kappa shape index (κ1) is 30.1. The monoisotopic (exact) mass is 573 g/mol. The maximum Gasteiger partial charge on any atom is 0.319 e. The second-order valence-corrected chi connectivity index (χ2v) is 12.1. The molecular formula is C34H47N5O3. The number of hydrogen-bond donors (Lipinski definition) is 3. The quantitative estimate of drug-likeness (QED) is 0.256. The highest BCUT2D eigenvalue weighted by Gasteiger charge is 2.30. The average molecular weight is 574 g/mol. The third-order valence-corrected chi connectivity index (χ3v) is 9.00. The number of ether oxygens (including phenoxy) is 1. The van der Waals surface area contributed by atoms with E-state index in [2.05, 4.69) is 46.4 Å². The number of methoxy groups -OCH3 is 1. The maximum absolute atomic E-state index is 13.4.